The van der Waals surface area contributed by atoms with Crippen LogP contribution in [0.25, 0.3) is 0 Å². The van der Waals surface area contributed by atoms with E-state index in [-0.39, 0.29) is 17.0 Å². The number of pyridine rings is 1. The maximum Gasteiger partial charge on any atom is 0.260 e. The van der Waals surface area contributed by atoms with Crippen LogP contribution in [0.1, 0.15) is 15.9 Å². The summed E-state index contributed by atoms with van der Waals surface area (Å²) >= 11 is 0. The molecule has 1 aromatic carbocycles. The molecule has 1 fully saturated rings. The minimum absolute atomic E-state index is 0.162. The summed E-state index contributed by atoms with van der Waals surface area (Å²) in [5, 5.41) is 2.82. The average molecular weight is 340 g/mol. The van der Waals surface area contributed by atoms with E-state index in [1.807, 2.05) is 6.07 Å². The fraction of sp³-hybridized carbons (Fsp3) is 0.368. The van der Waals surface area contributed by atoms with E-state index in [4.69, 9.17) is 0 Å². The van der Waals surface area contributed by atoms with Gasteiger partial charge in [-0.05, 0) is 17.7 Å². The smallest absolute Gasteiger partial charge is 0.260 e. The van der Waals surface area contributed by atoms with Crippen LogP contribution in [0.5, 0.6) is 0 Å². The molecule has 2 N–H and O–H groups in total. The molecule has 0 aliphatic carbocycles. The zero-order valence-corrected chi connectivity index (χ0v) is 14.3. The van der Waals surface area contributed by atoms with Gasteiger partial charge in [-0.15, -0.1) is 0 Å². The van der Waals surface area contributed by atoms with Crippen LogP contribution in [-0.2, 0) is 6.54 Å². The molecule has 1 aromatic heterocycles. The predicted octanol–water partition coefficient (Wildman–Crippen LogP) is 0.922. The van der Waals surface area contributed by atoms with Crippen LogP contribution in [0.15, 0.2) is 53.5 Å². The molecular formula is C19H24N4O2. The van der Waals surface area contributed by atoms with Gasteiger partial charge < -0.3 is 10.3 Å². The van der Waals surface area contributed by atoms with Crippen molar-refractivity contribution in [1.29, 1.82) is 0 Å². The molecule has 0 bridgehead atoms. The van der Waals surface area contributed by atoms with Gasteiger partial charge in [-0.1, -0.05) is 30.3 Å². The van der Waals surface area contributed by atoms with E-state index in [0.29, 0.717) is 6.54 Å². The highest BCUT2D eigenvalue weighted by Crippen LogP contribution is 2.08. The molecule has 2 heterocycles. The van der Waals surface area contributed by atoms with E-state index in [1.54, 1.807) is 6.07 Å². The van der Waals surface area contributed by atoms with Crippen LogP contribution < -0.4 is 10.9 Å². The highest BCUT2D eigenvalue weighted by molar-refractivity contribution is 5.93. The Labute approximate surface area is 147 Å². The molecule has 6 nitrogen and oxygen atoms in total. The number of hydrogen-bond donors (Lipinski definition) is 2. The van der Waals surface area contributed by atoms with Gasteiger partial charge in [0, 0.05) is 52.0 Å². The van der Waals surface area contributed by atoms with Crippen molar-refractivity contribution in [2.45, 2.75) is 6.54 Å². The Kier molecular flexibility index (Phi) is 5.98. The first kappa shape index (κ1) is 17.4. The van der Waals surface area contributed by atoms with Gasteiger partial charge >= 0.3 is 0 Å². The number of piperazine rings is 1. The number of aromatic nitrogens is 1. The zero-order valence-electron chi connectivity index (χ0n) is 14.3. The van der Waals surface area contributed by atoms with Gasteiger partial charge in [0.2, 0.25) is 0 Å². The van der Waals surface area contributed by atoms with Crippen LogP contribution in [0, 0.1) is 0 Å². The number of amides is 1. The van der Waals surface area contributed by atoms with Gasteiger partial charge in [0.25, 0.3) is 11.5 Å². The van der Waals surface area contributed by atoms with Gasteiger partial charge in [-0.3, -0.25) is 19.4 Å². The number of rotatable bonds is 6. The Hall–Kier alpha value is -2.44. The second kappa shape index (κ2) is 8.60. The Balaban J connectivity index is 1.37. The lowest BCUT2D eigenvalue weighted by molar-refractivity contribution is 0.0932. The Bertz CT molecular complexity index is 736. The van der Waals surface area contributed by atoms with E-state index in [2.05, 4.69) is 44.4 Å². The summed E-state index contributed by atoms with van der Waals surface area (Å²) in [4.78, 5) is 30.9. The summed E-state index contributed by atoms with van der Waals surface area (Å²) in [6.45, 7) is 6.38. The van der Waals surface area contributed by atoms with Crippen molar-refractivity contribution in [3.05, 3.63) is 70.1 Å². The molecule has 132 valence electrons. The summed E-state index contributed by atoms with van der Waals surface area (Å²) in [6.07, 6.45) is 1.52. The van der Waals surface area contributed by atoms with Crippen molar-refractivity contribution in [1.82, 2.24) is 20.1 Å². The molecule has 1 amide bonds. The van der Waals surface area contributed by atoms with E-state index in [9.17, 15) is 9.59 Å². The van der Waals surface area contributed by atoms with Gasteiger partial charge in [-0.2, -0.15) is 0 Å². The predicted molar refractivity (Wildman–Crippen MR) is 97.6 cm³/mol. The third-order valence-electron chi connectivity index (χ3n) is 4.49. The molecule has 0 spiro atoms. The summed E-state index contributed by atoms with van der Waals surface area (Å²) in [6, 6.07) is 13.7. The van der Waals surface area contributed by atoms with Crippen molar-refractivity contribution in [2.24, 2.45) is 0 Å². The molecule has 6 heteroatoms. The van der Waals surface area contributed by atoms with Crippen LogP contribution in [0.4, 0.5) is 0 Å². The standard InChI is InChI=1S/C19H24N4O2/c24-18-17(7-4-8-20-18)19(25)21-9-10-22-11-13-23(14-12-22)15-16-5-2-1-3-6-16/h1-8H,9-15H2,(H,20,24)(H,21,25). The molecule has 3 rings (SSSR count). The van der Waals surface area contributed by atoms with Crippen molar-refractivity contribution in [3.8, 4) is 0 Å². The van der Waals surface area contributed by atoms with E-state index in [1.165, 1.54) is 17.8 Å². The molecule has 0 saturated carbocycles. The summed E-state index contributed by atoms with van der Waals surface area (Å²) in [5.74, 6) is -0.315. The van der Waals surface area contributed by atoms with Crippen molar-refractivity contribution in [2.75, 3.05) is 39.3 Å². The molecule has 1 aliphatic heterocycles. The fourth-order valence-electron chi connectivity index (χ4n) is 3.04. The quantitative estimate of drug-likeness (QED) is 0.821. The minimum Gasteiger partial charge on any atom is -0.351 e. The SMILES string of the molecule is O=C(NCCN1CCN(Cc2ccccc2)CC1)c1ccc[nH]c1=O. The zero-order chi connectivity index (χ0) is 17.5. The van der Waals surface area contributed by atoms with Gasteiger partial charge in [0.15, 0.2) is 0 Å². The fourth-order valence-corrected chi connectivity index (χ4v) is 3.04. The van der Waals surface area contributed by atoms with Crippen LogP contribution in [-0.4, -0.2) is 60.0 Å². The van der Waals surface area contributed by atoms with E-state index in [0.717, 1.165) is 39.3 Å². The number of nitrogens with one attached hydrogen (secondary N) is 2. The second-order valence-electron chi connectivity index (χ2n) is 6.27. The normalized spacial score (nSPS) is 15.8. The van der Waals surface area contributed by atoms with Gasteiger partial charge in [0.05, 0.1) is 0 Å². The van der Waals surface area contributed by atoms with E-state index >= 15 is 0 Å². The highest BCUT2D eigenvalue weighted by Gasteiger charge is 2.17. The van der Waals surface area contributed by atoms with E-state index < -0.39 is 0 Å². The molecule has 1 saturated heterocycles. The number of benzene rings is 1. The molecule has 0 atom stereocenters. The molecule has 1 aliphatic rings. The topological polar surface area (TPSA) is 68.4 Å². The number of hydrogen-bond acceptors (Lipinski definition) is 4. The first-order chi connectivity index (χ1) is 12.2. The van der Waals surface area contributed by atoms with Crippen molar-refractivity contribution < 1.29 is 4.79 Å². The van der Waals surface area contributed by atoms with Crippen LogP contribution >= 0.6 is 0 Å². The number of aromatic amines is 1. The maximum atomic E-state index is 12.0. The lowest BCUT2D eigenvalue weighted by Gasteiger charge is -2.34. The van der Waals surface area contributed by atoms with Crippen LogP contribution in [0.2, 0.25) is 0 Å². The van der Waals surface area contributed by atoms with Crippen molar-refractivity contribution >= 4 is 5.91 Å². The highest BCUT2D eigenvalue weighted by atomic mass is 16.2. The molecule has 0 radical (unpaired) electrons. The second-order valence-corrected chi connectivity index (χ2v) is 6.27. The summed E-state index contributed by atoms with van der Waals surface area (Å²) in [5.41, 5.74) is 1.15. The number of carbonyl (C=O) groups is 1. The molecule has 25 heavy (non-hydrogen) atoms. The third kappa shape index (κ3) is 5.01. The average Bonchev–Trinajstić information content (AvgIpc) is 2.64. The van der Waals surface area contributed by atoms with Crippen molar-refractivity contribution in [3.63, 3.8) is 0 Å². The largest absolute Gasteiger partial charge is 0.351 e. The minimum atomic E-state index is -0.352. The molecule has 0 unspecified atom stereocenters. The summed E-state index contributed by atoms with van der Waals surface area (Å²) in [7, 11) is 0. The lowest BCUT2D eigenvalue weighted by Crippen LogP contribution is -2.48. The lowest BCUT2D eigenvalue weighted by atomic mass is 10.2. The van der Waals surface area contributed by atoms with Gasteiger partial charge in [-0.25, -0.2) is 0 Å². The first-order valence-corrected chi connectivity index (χ1v) is 8.67. The Morgan fingerprint density at radius 2 is 1.72 bits per heavy atom. The maximum absolute atomic E-state index is 12.0. The Morgan fingerprint density at radius 3 is 2.44 bits per heavy atom. The number of carbonyl (C=O) groups excluding carboxylic acids is 1. The number of H-pyrrole nitrogens is 1. The third-order valence-corrected chi connectivity index (χ3v) is 4.49. The van der Waals surface area contributed by atoms with Crippen LogP contribution in [0.3, 0.4) is 0 Å². The summed E-state index contributed by atoms with van der Waals surface area (Å²) < 4.78 is 0. The number of nitrogens with zero attached hydrogens (tertiary/aromatic N) is 2. The monoisotopic (exact) mass is 340 g/mol. The molecular weight excluding hydrogens is 316 g/mol. The first-order valence-electron chi connectivity index (χ1n) is 8.67. The Morgan fingerprint density at radius 1 is 1.00 bits per heavy atom. The molecule has 2 aromatic rings. The van der Waals surface area contributed by atoms with Gasteiger partial charge in [0.1, 0.15) is 5.56 Å².